The Bertz CT molecular complexity index is 432. The highest BCUT2D eigenvalue weighted by molar-refractivity contribution is 6.70. The molecule has 0 bridgehead atoms. The molecule has 0 aromatic heterocycles. The van der Waals surface area contributed by atoms with Gasteiger partial charge in [0.2, 0.25) is 0 Å². The van der Waals surface area contributed by atoms with Crippen LogP contribution in [-0.2, 0) is 9.53 Å². The minimum absolute atomic E-state index is 0.00557. The molecule has 1 unspecified atom stereocenters. The highest BCUT2D eigenvalue weighted by Crippen LogP contribution is 2.38. The Balaban J connectivity index is 1.76. The van der Waals surface area contributed by atoms with Crippen LogP contribution in [0.25, 0.3) is 0 Å². The van der Waals surface area contributed by atoms with Gasteiger partial charge in [-0.3, -0.25) is 9.79 Å². The summed E-state index contributed by atoms with van der Waals surface area (Å²) in [7, 11) is 0. The van der Waals surface area contributed by atoms with Gasteiger partial charge < -0.3 is 10.6 Å². The molecule has 2 aliphatic carbocycles. The summed E-state index contributed by atoms with van der Waals surface area (Å²) in [4.78, 5) is 16.5. The number of ketones is 1. The van der Waals surface area contributed by atoms with Crippen molar-refractivity contribution in [3.8, 4) is 0 Å². The van der Waals surface area contributed by atoms with Crippen molar-refractivity contribution < 1.29 is 9.53 Å². The summed E-state index contributed by atoms with van der Waals surface area (Å²) in [5, 5.41) is 3.67. The zero-order valence-electron chi connectivity index (χ0n) is 11.2. The van der Waals surface area contributed by atoms with Gasteiger partial charge in [-0.25, -0.2) is 0 Å². The molecule has 2 saturated carbocycles. The molecule has 1 aliphatic heterocycles. The predicted molar refractivity (Wildman–Crippen MR) is 73.4 cm³/mol. The molecule has 3 fully saturated rings. The maximum atomic E-state index is 11.9. The maximum Gasteiger partial charge on any atom is 0.185 e. The van der Waals surface area contributed by atoms with E-state index >= 15 is 0 Å². The molecule has 19 heavy (non-hydrogen) atoms. The number of nitrogens with zero attached hydrogens (tertiary/aromatic N) is 2. The summed E-state index contributed by atoms with van der Waals surface area (Å²) in [6, 6.07) is 0. The molecule has 2 N–H and O–H groups in total. The minimum atomic E-state index is -0.333. The monoisotopic (exact) mass is 263 g/mol. The number of Topliss-reactive ketones (excluding diaryl/α,β-unsaturated/α-hetero) is 1. The minimum Gasteiger partial charge on any atom is -0.363 e. The molecule has 3 rings (SSSR count). The third kappa shape index (κ3) is 2.43. The first-order chi connectivity index (χ1) is 9.25. The van der Waals surface area contributed by atoms with E-state index in [9.17, 15) is 4.79 Å². The van der Waals surface area contributed by atoms with E-state index in [1.165, 1.54) is 32.1 Å². The Kier molecular flexibility index (Phi) is 3.39. The lowest BCUT2D eigenvalue weighted by Crippen LogP contribution is -2.43. The number of ether oxygens (including phenoxy) is 1. The zero-order chi connectivity index (χ0) is 13.3. The van der Waals surface area contributed by atoms with Gasteiger partial charge in [0, 0.05) is 13.0 Å². The number of hydrogen-bond donors (Lipinski definition) is 1. The average Bonchev–Trinajstić information content (AvgIpc) is 3.22. The van der Waals surface area contributed by atoms with E-state index in [4.69, 9.17) is 10.6 Å². The molecule has 0 aromatic rings. The van der Waals surface area contributed by atoms with Crippen LogP contribution >= 0.6 is 0 Å². The van der Waals surface area contributed by atoms with Gasteiger partial charge in [0.25, 0.3) is 0 Å². The van der Waals surface area contributed by atoms with Crippen LogP contribution < -0.4 is 5.84 Å². The van der Waals surface area contributed by atoms with Gasteiger partial charge in [-0.05, 0) is 25.2 Å². The smallest absolute Gasteiger partial charge is 0.185 e. The van der Waals surface area contributed by atoms with Crippen LogP contribution in [0.3, 0.4) is 0 Å². The van der Waals surface area contributed by atoms with Crippen molar-refractivity contribution in [2.24, 2.45) is 21.9 Å². The number of carbonyl (C=O) groups excluding carboxylic acids is 1. The summed E-state index contributed by atoms with van der Waals surface area (Å²) in [6.07, 6.45) is 7.63. The van der Waals surface area contributed by atoms with Crippen LogP contribution in [-0.4, -0.2) is 36.0 Å². The van der Waals surface area contributed by atoms with E-state index in [0.717, 1.165) is 18.7 Å². The number of hydrogen-bond acceptors (Lipinski definition) is 5. The number of aliphatic imine (C=N–C) groups is 1. The van der Waals surface area contributed by atoms with E-state index in [-0.39, 0.29) is 11.4 Å². The van der Waals surface area contributed by atoms with Crippen LogP contribution in [0.2, 0.25) is 0 Å². The van der Waals surface area contributed by atoms with E-state index in [1.54, 1.807) is 0 Å². The average molecular weight is 263 g/mol. The Morgan fingerprint density at radius 3 is 2.68 bits per heavy atom. The van der Waals surface area contributed by atoms with Gasteiger partial charge in [-0.2, -0.15) is 5.10 Å². The van der Waals surface area contributed by atoms with Crippen LogP contribution in [0.15, 0.2) is 10.1 Å². The van der Waals surface area contributed by atoms with Gasteiger partial charge in [0.15, 0.2) is 5.78 Å². The third-order valence-corrected chi connectivity index (χ3v) is 4.53. The van der Waals surface area contributed by atoms with E-state index < -0.39 is 0 Å². The first-order valence-corrected chi connectivity index (χ1v) is 7.25. The molecule has 1 saturated heterocycles. The second-order valence-electron chi connectivity index (χ2n) is 5.88. The van der Waals surface area contributed by atoms with Gasteiger partial charge in [0.1, 0.15) is 17.0 Å². The Morgan fingerprint density at radius 2 is 2.05 bits per heavy atom. The fourth-order valence-corrected chi connectivity index (χ4v) is 3.21. The molecule has 1 atom stereocenters. The van der Waals surface area contributed by atoms with Crippen molar-refractivity contribution in [3.05, 3.63) is 0 Å². The number of epoxide rings is 1. The van der Waals surface area contributed by atoms with Crippen LogP contribution in [0.5, 0.6) is 0 Å². The molecular formula is C14H21N3O2. The fraction of sp³-hybridized carbons (Fsp3) is 0.786. The standard InChI is InChI=1S/C14H21N3O2/c15-17-12-11(18)6-7-14(9-19-14)13(12)16-8-10-4-2-1-3-5-10/h10H,1-9,15H2/b16-13?,17-12+. The van der Waals surface area contributed by atoms with Crippen LogP contribution in [0, 0.1) is 5.92 Å². The van der Waals surface area contributed by atoms with Gasteiger partial charge >= 0.3 is 0 Å². The number of hydrazone groups is 1. The lowest BCUT2D eigenvalue weighted by Gasteiger charge is -2.23. The van der Waals surface area contributed by atoms with Crippen LogP contribution in [0.4, 0.5) is 0 Å². The van der Waals surface area contributed by atoms with E-state index in [0.29, 0.717) is 24.7 Å². The molecule has 1 spiro atoms. The topological polar surface area (TPSA) is 80.3 Å². The van der Waals surface area contributed by atoms with Crippen molar-refractivity contribution >= 4 is 17.2 Å². The summed E-state index contributed by atoms with van der Waals surface area (Å²) < 4.78 is 5.55. The van der Waals surface area contributed by atoms with E-state index in [1.807, 2.05) is 0 Å². The van der Waals surface area contributed by atoms with E-state index in [2.05, 4.69) is 10.1 Å². The van der Waals surface area contributed by atoms with Crippen molar-refractivity contribution in [1.82, 2.24) is 0 Å². The normalized spacial score (nSPS) is 36.3. The zero-order valence-corrected chi connectivity index (χ0v) is 11.2. The summed E-state index contributed by atoms with van der Waals surface area (Å²) in [6.45, 7) is 1.44. The maximum absolute atomic E-state index is 11.9. The molecule has 104 valence electrons. The van der Waals surface area contributed by atoms with Crippen molar-refractivity contribution in [2.75, 3.05) is 13.2 Å². The summed E-state index contributed by atoms with van der Waals surface area (Å²) in [5.41, 5.74) is 0.734. The fourth-order valence-electron chi connectivity index (χ4n) is 3.21. The van der Waals surface area contributed by atoms with Crippen molar-refractivity contribution in [2.45, 2.75) is 50.5 Å². The third-order valence-electron chi connectivity index (χ3n) is 4.53. The first-order valence-electron chi connectivity index (χ1n) is 7.25. The van der Waals surface area contributed by atoms with Gasteiger partial charge in [-0.15, -0.1) is 0 Å². The molecule has 0 radical (unpaired) electrons. The predicted octanol–water partition coefficient (Wildman–Crippen LogP) is 1.45. The number of nitrogens with two attached hydrogens (primary N) is 1. The van der Waals surface area contributed by atoms with Crippen molar-refractivity contribution in [1.29, 1.82) is 0 Å². The first kappa shape index (κ1) is 12.8. The molecule has 0 amide bonds. The van der Waals surface area contributed by atoms with Crippen LogP contribution in [0.1, 0.15) is 44.9 Å². The summed E-state index contributed by atoms with van der Waals surface area (Å²) >= 11 is 0. The number of rotatable bonds is 2. The van der Waals surface area contributed by atoms with Crippen molar-refractivity contribution in [3.63, 3.8) is 0 Å². The quantitative estimate of drug-likeness (QED) is 0.465. The molecule has 3 aliphatic rings. The second-order valence-corrected chi connectivity index (χ2v) is 5.88. The highest BCUT2D eigenvalue weighted by Gasteiger charge is 2.55. The molecule has 5 heteroatoms. The largest absolute Gasteiger partial charge is 0.363 e. The van der Waals surface area contributed by atoms with Gasteiger partial charge in [-0.1, -0.05) is 19.3 Å². The lowest BCUT2D eigenvalue weighted by molar-refractivity contribution is -0.113. The summed E-state index contributed by atoms with van der Waals surface area (Å²) in [5.74, 6) is 6.02. The SMILES string of the molecule is N/N=C1\C(=O)CCC2(CO2)C1=NCC1CCCCC1. The Hall–Kier alpha value is -1.23. The Labute approximate surface area is 113 Å². The molecule has 5 nitrogen and oxygen atoms in total. The Morgan fingerprint density at radius 1 is 1.32 bits per heavy atom. The van der Waals surface area contributed by atoms with Gasteiger partial charge in [0.05, 0.1) is 6.61 Å². The lowest BCUT2D eigenvalue weighted by atomic mass is 9.84. The molecular weight excluding hydrogens is 242 g/mol. The highest BCUT2D eigenvalue weighted by atomic mass is 16.6. The number of carbonyl (C=O) groups is 1. The molecule has 1 heterocycles. The second kappa shape index (κ2) is 5.04. The molecule has 0 aromatic carbocycles.